The summed E-state index contributed by atoms with van der Waals surface area (Å²) in [5.74, 6) is -0.438. The normalized spacial score (nSPS) is 13.2. The first-order valence-electron chi connectivity index (χ1n) is 8.62. The SMILES string of the molecule is O=C(NC1CC1)c1cccc(NC(=O)c2cn[nH]c2-c2ccc(Cl)cc2)c1. The van der Waals surface area contributed by atoms with E-state index in [1.54, 1.807) is 36.4 Å². The number of nitrogens with zero attached hydrogens (tertiary/aromatic N) is 1. The Kier molecular flexibility index (Phi) is 4.64. The first-order valence-corrected chi connectivity index (χ1v) is 8.99. The van der Waals surface area contributed by atoms with Gasteiger partial charge in [0.1, 0.15) is 0 Å². The van der Waals surface area contributed by atoms with Crippen molar-refractivity contribution < 1.29 is 9.59 Å². The lowest BCUT2D eigenvalue weighted by Gasteiger charge is -2.08. The van der Waals surface area contributed by atoms with Gasteiger partial charge >= 0.3 is 0 Å². The second-order valence-electron chi connectivity index (χ2n) is 6.45. The number of halogens is 1. The zero-order valence-electron chi connectivity index (χ0n) is 14.3. The number of aromatic amines is 1. The minimum atomic E-state index is -0.312. The molecule has 4 rings (SSSR count). The van der Waals surface area contributed by atoms with E-state index in [0.29, 0.717) is 27.5 Å². The molecule has 0 bridgehead atoms. The van der Waals surface area contributed by atoms with Gasteiger partial charge in [-0.3, -0.25) is 14.7 Å². The lowest BCUT2D eigenvalue weighted by Crippen LogP contribution is -2.25. The van der Waals surface area contributed by atoms with E-state index in [-0.39, 0.29) is 17.9 Å². The van der Waals surface area contributed by atoms with Gasteiger partial charge in [0.15, 0.2) is 0 Å². The van der Waals surface area contributed by atoms with Gasteiger partial charge in [0.25, 0.3) is 11.8 Å². The number of aromatic nitrogens is 2. The van der Waals surface area contributed by atoms with E-state index in [4.69, 9.17) is 11.6 Å². The second-order valence-corrected chi connectivity index (χ2v) is 6.88. The number of nitrogens with one attached hydrogen (secondary N) is 3. The Labute approximate surface area is 160 Å². The summed E-state index contributed by atoms with van der Waals surface area (Å²) in [7, 11) is 0. The van der Waals surface area contributed by atoms with Gasteiger partial charge in [-0.05, 0) is 43.2 Å². The number of anilines is 1. The maximum atomic E-state index is 12.7. The average molecular weight is 381 g/mol. The summed E-state index contributed by atoms with van der Waals surface area (Å²) < 4.78 is 0. The fourth-order valence-corrected chi connectivity index (χ4v) is 2.85. The molecule has 27 heavy (non-hydrogen) atoms. The number of hydrogen-bond donors (Lipinski definition) is 3. The topological polar surface area (TPSA) is 86.9 Å². The Morgan fingerprint density at radius 3 is 2.59 bits per heavy atom. The fraction of sp³-hybridized carbons (Fsp3) is 0.150. The van der Waals surface area contributed by atoms with Gasteiger partial charge in [-0.2, -0.15) is 5.10 Å². The Bertz CT molecular complexity index is 993. The molecule has 6 nitrogen and oxygen atoms in total. The molecule has 1 aromatic heterocycles. The van der Waals surface area contributed by atoms with E-state index >= 15 is 0 Å². The van der Waals surface area contributed by atoms with Crippen molar-refractivity contribution in [2.24, 2.45) is 0 Å². The Morgan fingerprint density at radius 2 is 1.85 bits per heavy atom. The highest BCUT2D eigenvalue weighted by Gasteiger charge is 2.24. The molecule has 7 heteroatoms. The highest BCUT2D eigenvalue weighted by atomic mass is 35.5. The van der Waals surface area contributed by atoms with Gasteiger partial charge in [0.05, 0.1) is 17.5 Å². The molecule has 0 spiro atoms. The summed E-state index contributed by atoms with van der Waals surface area (Å²) in [5.41, 5.74) is 2.88. The number of H-pyrrole nitrogens is 1. The highest BCUT2D eigenvalue weighted by molar-refractivity contribution is 6.30. The van der Waals surface area contributed by atoms with E-state index in [1.165, 1.54) is 6.20 Å². The Hall–Kier alpha value is -3.12. The molecular formula is C20H17ClN4O2. The van der Waals surface area contributed by atoms with Crippen LogP contribution in [0.15, 0.2) is 54.7 Å². The number of carbonyl (C=O) groups excluding carboxylic acids is 2. The molecule has 0 atom stereocenters. The van der Waals surface area contributed by atoms with Crippen LogP contribution in [0.1, 0.15) is 33.6 Å². The zero-order chi connectivity index (χ0) is 18.8. The summed E-state index contributed by atoms with van der Waals surface area (Å²) in [6.45, 7) is 0. The minimum Gasteiger partial charge on any atom is -0.349 e. The molecule has 2 aromatic carbocycles. The van der Waals surface area contributed by atoms with Crippen LogP contribution in [0.3, 0.4) is 0 Å². The summed E-state index contributed by atoms with van der Waals surface area (Å²) in [6, 6.07) is 14.3. The van der Waals surface area contributed by atoms with Gasteiger partial charge < -0.3 is 10.6 Å². The standard InChI is InChI=1S/C20H17ClN4O2/c21-14-6-4-12(5-7-14)18-17(11-22-25-18)20(27)24-16-3-1-2-13(10-16)19(26)23-15-8-9-15/h1-7,10-11,15H,8-9H2,(H,22,25)(H,23,26)(H,24,27). The number of hydrogen-bond acceptors (Lipinski definition) is 3. The molecule has 3 N–H and O–H groups in total. The monoisotopic (exact) mass is 380 g/mol. The van der Waals surface area contributed by atoms with Crippen LogP contribution in [-0.2, 0) is 0 Å². The summed E-state index contributed by atoms with van der Waals surface area (Å²) >= 11 is 5.92. The fourth-order valence-electron chi connectivity index (χ4n) is 2.73. The third-order valence-electron chi connectivity index (χ3n) is 4.31. The zero-order valence-corrected chi connectivity index (χ0v) is 15.1. The minimum absolute atomic E-state index is 0.126. The Morgan fingerprint density at radius 1 is 1.07 bits per heavy atom. The van der Waals surface area contributed by atoms with Crippen molar-refractivity contribution in [2.45, 2.75) is 18.9 Å². The molecule has 0 aliphatic heterocycles. The van der Waals surface area contributed by atoms with Crippen LogP contribution in [-0.4, -0.2) is 28.1 Å². The van der Waals surface area contributed by atoms with Crippen LogP contribution in [0.25, 0.3) is 11.3 Å². The van der Waals surface area contributed by atoms with E-state index in [1.807, 2.05) is 12.1 Å². The van der Waals surface area contributed by atoms with Crippen molar-refractivity contribution in [3.63, 3.8) is 0 Å². The van der Waals surface area contributed by atoms with E-state index in [9.17, 15) is 9.59 Å². The molecule has 0 saturated heterocycles. The molecule has 1 fully saturated rings. The quantitative estimate of drug-likeness (QED) is 0.627. The molecule has 2 amide bonds. The van der Waals surface area contributed by atoms with Gasteiger partial charge in [0, 0.05) is 27.9 Å². The van der Waals surface area contributed by atoms with Crippen LogP contribution >= 0.6 is 11.6 Å². The first-order chi connectivity index (χ1) is 13.1. The smallest absolute Gasteiger partial charge is 0.259 e. The van der Waals surface area contributed by atoms with Crippen molar-refractivity contribution in [1.82, 2.24) is 15.5 Å². The predicted octanol–water partition coefficient (Wildman–Crippen LogP) is 3.87. The number of rotatable bonds is 5. The first kappa shape index (κ1) is 17.3. The molecule has 1 saturated carbocycles. The summed E-state index contributed by atoms with van der Waals surface area (Å²) in [4.78, 5) is 24.9. The lowest BCUT2D eigenvalue weighted by atomic mass is 10.1. The van der Waals surface area contributed by atoms with Gasteiger partial charge in [-0.15, -0.1) is 0 Å². The van der Waals surface area contributed by atoms with Crippen LogP contribution in [0.5, 0.6) is 0 Å². The van der Waals surface area contributed by atoms with Crippen molar-refractivity contribution in [2.75, 3.05) is 5.32 Å². The average Bonchev–Trinajstić information content (AvgIpc) is 3.34. The van der Waals surface area contributed by atoms with Crippen LogP contribution in [0, 0.1) is 0 Å². The maximum Gasteiger partial charge on any atom is 0.259 e. The molecule has 3 aromatic rings. The van der Waals surface area contributed by atoms with Crippen LogP contribution in [0.2, 0.25) is 5.02 Å². The van der Waals surface area contributed by atoms with Crippen molar-refractivity contribution in [1.29, 1.82) is 0 Å². The molecular weight excluding hydrogens is 364 g/mol. The second kappa shape index (κ2) is 7.25. The summed E-state index contributed by atoms with van der Waals surface area (Å²) in [5, 5.41) is 13.2. The number of carbonyl (C=O) groups is 2. The molecule has 1 aliphatic rings. The third-order valence-corrected chi connectivity index (χ3v) is 4.56. The third kappa shape index (κ3) is 4.01. The largest absolute Gasteiger partial charge is 0.349 e. The molecule has 1 aliphatic carbocycles. The molecule has 0 unspecified atom stereocenters. The van der Waals surface area contributed by atoms with E-state index < -0.39 is 0 Å². The van der Waals surface area contributed by atoms with Crippen LogP contribution < -0.4 is 10.6 Å². The predicted molar refractivity (Wildman–Crippen MR) is 104 cm³/mol. The van der Waals surface area contributed by atoms with Gasteiger partial charge in [-0.25, -0.2) is 0 Å². The molecule has 1 heterocycles. The highest BCUT2D eigenvalue weighted by Crippen LogP contribution is 2.24. The molecule has 136 valence electrons. The molecule has 0 radical (unpaired) electrons. The van der Waals surface area contributed by atoms with Crippen molar-refractivity contribution in [3.05, 3.63) is 70.9 Å². The van der Waals surface area contributed by atoms with Gasteiger partial charge in [-0.1, -0.05) is 29.8 Å². The van der Waals surface area contributed by atoms with E-state index in [2.05, 4.69) is 20.8 Å². The number of amides is 2. The maximum absolute atomic E-state index is 12.7. The summed E-state index contributed by atoms with van der Waals surface area (Å²) in [6.07, 6.45) is 3.52. The van der Waals surface area contributed by atoms with Crippen molar-refractivity contribution in [3.8, 4) is 11.3 Å². The van der Waals surface area contributed by atoms with E-state index in [0.717, 1.165) is 18.4 Å². The van der Waals surface area contributed by atoms with Crippen molar-refractivity contribution >= 4 is 29.1 Å². The van der Waals surface area contributed by atoms with Crippen LogP contribution in [0.4, 0.5) is 5.69 Å². The Balaban J connectivity index is 1.52. The van der Waals surface area contributed by atoms with Gasteiger partial charge in [0.2, 0.25) is 0 Å². The number of benzene rings is 2. The lowest BCUT2D eigenvalue weighted by molar-refractivity contribution is 0.0949.